The molecule has 1 saturated heterocycles. The highest BCUT2D eigenvalue weighted by atomic mass is 35.5. The Labute approximate surface area is 194 Å². The molecule has 1 aromatic heterocycles. The van der Waals surface area contributed by atoms with Crippen LogP contribution in [-0.4, -0.2) is 44.6 Å². The molecule has 0 bridgehead atoms. The van der Waals surface area contributed by atoms with E-state index in [1.807, 2.05) is 30.0 Å². The summed E-state index contributed by atoms with van der Waals surface area (Å²) in [6, 6.07) is 5.98. The Bertz CT molecular complexity index is 985. The lowest BCUT2D eigenvalue weighted by molar-refractivity contribution is -0.130. The molecule has 4 rings (SSSR count). The fourth-order valence-electron chi connectivity index (χ4n) is 4.56. The quantitative estimate of drug-likeness (QED) is 0.639. The van der Waals surface area contributed by atoms with Gasteiger partial charge in [0.05, 0.1) is 0 Å². The SMILES string of the molecule is CC(=O)N1CCCC(CCc2nnc(CCC(=O)Nc3cccc(Cl)c3C)n2C2CC2)C1. The van der Waals surface area contributed by atoms with Gasteiger partial charge in [-0.2, -0.15) is 0 Å². The van der Waals surface area contributed by atoms with Crippen LogP contribution in [0.25, 0.3) is 0 Å². The Morgan fingerprint density at radius 3 is 2.62 bits per heavy atom. The third-order valence-electron chi connectivity index (χ3n) is 6.61. The number of hydrogen-bond donors (Lipinski definition) is 1. The molecule has 32 heavy (non-hydrogen) atoms. The molecule has 1 saturated carbocycles. The van der Waals surface area contributed by atoms with Gasteiger partial charge in [-0.1, -0.05) is 17.7 Å². The third kappa shape index (κ3) is 5.49. The van der Waals surface area contributed by atoms with Crippen LogP contribution in [0.2, 0.25) is 5.02 Å². The van der Waals surface area contributed by atoms with Crippen LogP contribution in [0.5, 0.6) is 0 Å². The molecule has 1 atom stereocenters. The summed E-state index contributed by atoms with van der Waals surface area (Å²) in [5, 5.41) is 12.5. The Balaban J connectivity index is 1.34. The van der Waals surface area contributed by atoms with Crippen molar-refractivity contribution in [3.63, 3.8) is 0 Å². The Morgan fingerprint density at radius 1 is 1.16 bits per heavy atom. The molecule has 0 radical (unpaired) electrons. The summed E-state index contributed by atoms with van der Waals surface area (Å²) < 4.78 is 2.27. The highest BCUT2D eigenvalue weighted by Gasteiger charge is 2.30. The molecule has 0 spiro atoms. The number of aromatic nitrogens is 3. The highest BCUT2D eigenvalue weighted by molar-refractivity contribution is 6.31. The first-order valence-electron chi connectivity index (χ1n) is 11.7. The van der Waals surface area contributed by atoms with Crippen LogP contribution in [0, 0.1) is 12.8 Å². The number of rotatable bonds is 8. The molecular formula is C24H32ClN5O2. The van der Waals surface area contributed by atoms with Crippen LogP contribution in [0.3, 0.4) is 0 Å². The molecule has 1 N–H and O–H groups in total. The molecule has 1 aliphatic carbocycles. The van der Waals surface area contributed by atoms with Gasteiger partial charge >= 0.3 is 0 Å². The van der Waals surface area contributed by atoms with Crippen molar-refractivity contribution in [2.24, 2.45) is 5.92 Å². The summed E-state index contributed by atoms with van der Waals surface area (Å²) in [5.74, 6) is 2.56. The van der Waals surface area contributed by atoms with Gasteiger partial charge in [-0.25, -0.2) is 0 Å². The zero-order valence-electron chi connectivity index (χ0n) is 18.9. The van der Waals surface area contributed by atoms with Crippen molar-refractivity contribution in [2.45, 2.75) is 71.3 Å². The largest absolute Gasteiger partial charge is 0.343 e. The predicted octanol–water partition coefficient (Wildman–Crippen LogP) is 4.34. The van der Waals surface area contributed by atoms with Crippen LogP contribution in [0.15, 0.2) is 18.2 Å². The van der Waals surface area contributed by atoms with Gasteiger partial charge in [-0.15, -0.1) is 10.2 Å². The molecule has 2 fully saturated rings. The van der Waals surface area contributed by atoms with Crippen molar-refractivity contribution < 1.29 is 9.59 Å². The van der Waals surface area contributed by atoms with Crippen LogP contribution in [-0.2, 0) is 22.4 Å². The van der Waals surface area contributed by atoms with Crippen LogP contribution < -0.4 is 5.32 Å². The second-order valence-electron chi connectivity index (χ2n) is 9.11. The van der Waals surface area contributed by atoms with Crippen LogP contribution in [0.4, 0.5) is 5.69 Å². The maximum atomic E-state index is 12.5. The normalized spacial score (nSPS) is 18.6. The van der Waals surface area contributed by atoms with Gasteiger partial charge in [-0.05, 0) is 62.6 Å². The molecule has 1 aliphatic heterocycles. The third-order valence-corrected chi connectivity index (χ3v) is 7.02. The standard InChI is InChI=1S/C24H32ClN5O2/c1-16-20(25)6-3-7-21(16)26-24(32)13-12-23-28-27-22(30(23)19-9-10-19)11-8-18-5-4-14-29(15-18)17(2)31/h3,6-7,18-19H,4-5,8-15H2,1-2H3,(H,26,32). The summed E-state index contributed by atoms with van der Waals surface area (Å²) in [5.41, 5.74) is 1.62. The lowest BCUT2D eigenvalue weighted by Crippen LogP contribution is -2.38. The minimum Gasteiger partial charge on any atom is -0.343 e. The molecule has 2 aliphatic rings. The van der Waals surface area contributed by atoms with E-state index in [1.165, 1.54) is 0 Å². The van der Waals surface area contributed by atoms with E-state index in [0.717, 1.165) is 74.5 Å². The zero-order chi connectivity index (χ0) is 22.7. The number of hydrogen-bond acceptors (Lipinski definition) is 4. The first kappa shape index (κ1) is 22.8. The number of aryl methyl sites for hydroxylation is 2. The van der Waals surface area contributed by atoms with E-state index in [0.29, 0.717) is 29.8 Å². The molecule has 8 heteroatoms. The van der Waals surface area contributed by atoms with E-state index < -0.39 is 0 Å². The van der Waals surface area contributed by atoms with Gasteiger partial charge in [0.2, 0.25) is 11.8 Å². The Hall–Kier alpha value is -2.41. The predicted molar refractivity (Wildman–Crippen MR) is 125 cm³/mol. The lowest BCUT2D eigenvalue weighted by Gasteiger charge is -2.32. The fourth-order valence-corrected chi connectivity index (χ4v) is 4.73. The van der Waals surface area contributed by atoms with E-state index in [-0.39, 0.29) is 11.8 Å². The van der Waals surface area contributed by atoms with E-state index >= 15 is 0 Å². The molecule has 1 aromatic carbocycles. The van der Waals surface area contributed by atoms with Gasteiger partial charge in [-0.3, -0.25) is 9.59 Å². The second kappa shape index (κ2) is 10.0. The molecular weight excluding hydrogens is 426 g/mol. The molecule has 1 unspecified atom stereocenters. The number of benzene rings is 1. The maximum Gasteiger partial charge on any atom is 0.224 e. The maximum absolute atomic E-state index is 12.5. The van der Waals surface area contributed by atoms with Gasteiger partial charge in [0.25, 0.3) is 0 Å². The number of amides is 2. The van der Waals surface area contributed by atoms with Crippen molar-refractivity contribution in [3.05, 3.63) is 40.4 Å². The number of halogens is 1. The molecule has 2 heterocycles. The van der Waals surface area contributed by atoms with E-state index in [9.17, 15) is 9.59 Å². The van der Waals surface area contributed by atoms with Gasteiger partial charge in [0.15, 0.2) is 0 Å². The van der Waals surface area contributed by atoms with E-state index in [4.69, 9.17) is 11.6 Å². The fraction of sp³-hybridized carbons (Fsp3) is 0.583. The minimum atomic E-state index is -0.0474. The summed E-state index contributed by atoms with van der Waals surface area (Å²) in [4.78, 5) is 26.2. The van der Waals surface area contributed by atoms with E-state index in [2.05, 4.69) is 20.1 Å². The van der Waals surface area contributed by atoms with Crippen molar-refractivity contribution >= 4 is 29.1 Å². The summed E-state index contributed by atoms with van der Waals surface area (Å²) >= 11 is 6.15. The summed E-state index contributed by atoms with van der Waals surface area (Å²) in [7, 11) is 0. The van der Waals surface area contributed by atoms with Crippen LogP contribution >= 0.6 is 11.6 Å². The molecule has 7 nitrogen and oxygen atoms in total. The average molecular weight is 458 g/mol. The first-order valence-corrected chi connectivity index (χ1v) is 12.0. The average Bonchev–Trinajstić information content (AvgIpc) is 3.54. The second-order valence-corrected chi connectivity index (χ2v) is 9.51. The van der Waals surface area contributed by atoms with Crippen molar-refractivity contribution in [1.82, 2.24) is 19.7 Å². The van der Waals surface area contributed by atoms with Crippen molar-refractivity contribution in [3.8, 4) is 0 Å². The van der Waals surface area contributed by atoms with Crippen molar-refractivity contribution in [1.29, 1.82) is 0 Å². The number of likely N-dealkylation sites (tertiary alicyclic amines) is 1. The number of carbonyl (C=O) groups excluding carboxylic acids is 2. The Kier molecular flexibility index (Phi) is 7.13. The topological polar surface area (TPSA) is 80.1 Å². The zero-order valence-corrected chi connectivity index (χ0v) is 19.7. The van der Waals surface area contributed by atoms with Crippen molar-refractivity contribution in [2.75, 3.05) is 18.4 Å². The minimum absolute atomic E-state index is 0.0474. The van der Waals surface area contributed by atoms with Gasteiger partial charge < -0.3 is 14.8 Å². The number of piperidine rings is 1. The smallest absolute Gasteiger partial charge is 0.224 e. The monoisotopic (exact) mass is 457 g/mol. The lowest BCUT2D eigenvalue weighted by atomic mass is 9.93. The highest BCUT2D eigenvalue weighted by Crippen LogP contribution is 2.37. The molecule has 172 valence electrons. The number of anilines is 1. The first-order chi connectivity index (χ1) is 15.4. The molecule has 2 amide bonds. The van der Waals surface area contributed by atoms with E-state index in [1.54, 1.807) is 6.92 Å². The molecule has 2 aromatic rings. The summed E-state index contributed by atoms with van der Waals surface area (Å²) in [6.07, 6.45) is 7.34. The van der Waals surface area contributed by atoms with Crippen LogP contribution in [0.1, 0.15) is 68.7 Å². The number of carbonyl (C=O) groups is 2. The number of nitrogens with zero attached hydrogens (tertiary/aromatic N) is 4. The summed E-state index contributed by atoms with van der Waals surface area (Å²) in [6.45, 7) is 5.28. The number of nitrogens with one attached hydrogen (secondary N) is 1. The Morgan fingerprint density at radius 2 is 1.91 bits per heavy atom. The van der Waals surface area contributed by atoms with Gasteiger partial charge in [0, 0.05) is 56.0 Å². The van der Waals surface area contributed by atoms with Gasteiger partial charge in [0.1, 0.15) is 11.6 Å².